The van der Waals surface area contributed by atoms with Crippen LogP contribution in [0.25, 0.3) is 0 Å². The molecule has 42 valence electrons. The summed E-state index contributed by atoms with van der Waals surface area (Å²) in [6.07, 6.45) is 0.895. The fourth-order valence-corrected chi connectivity index (χ4v) is 0.183. The van der Waals surface area contributed by atoms with E-state index in [-0.39, 0.29) is 0 Å². The Labute approximate surface area is 43.8 Å². The van der Waals surface area contributed by atoms with Crippen LogP contribution in [0.1, 0.15) is 6.92 Å². The van der Waals surface area contributed by atoms with E-state index in [2.05, 4.69) is 0 Å². The Hall–Kier alpha value is -0.380. The predicted molar refractivity (Wildman–Crippen MR) is 28.6 cm³/mol. The minimum Gasteiger partial charge on any atom is -0.312 e. The van der Waals surface area contributed by atoms with Crippen molar-refractivity contribution in [2.45, 2.75) is 12.2 Å². The number of hydrogen-bond acceptors (Lipinski definition) is 3. The zero-order chi connectivity index (χ0) is 5.86. The number of thiol groups is 1. The standard InChI is InChI=1S/C3H7NO2S/c1-3(2-4)7(5)6/h2-4,7H,1H3. The monoisotopic (exact) mass is 121 g/mol. The molecule has 0 aliphatic carbocycles. The van der Waals surface area contributed by atoms with Crippen LogP contribution in [0.5, 0.6) is 0 Å². The van der Waals surface area contributed by atoms with Crippen molar-refractivity contribution < 1.29 is 8.42 Å². The van der Waals surface area contributed by atoms with Gasteiger partial charge in [-0.1, -0.05) is 0 Å². The molecule has 0 aliphatic rings. The summed E-state index contributed by atoms with van der Waals surface area (Å²) >= 11 is 0. The Kier molecular flexibility index (Phi) is 2.59. The first-order valence-corrected chi connectivity index (χ1v) is 3.07. The van der Waals surface area contributed by atoms with Crippen LogP contribution in [-0.4, -0.2) is 19.9 Å². The van der Waals surface area contributed by atoms with Crippen LogP contribution in [0, 0.1) is 5.41 Å². The summed E-state index contributed by atoms with van der Waals surface area (Å²) in [5.74, 6) is 0. The third-order valence-corrected chi connectivity index (χ3v) is 1.39. The van der Waals surface area contributed by atoms with E-state index in [4.69, 9.17) is 5.41 Å². The fraction of sp³-hybridized carbons (Fsp3) is 0.667. The van der Waals surface area contributed by atoms with Crippen LogP contribution < -0.4 is 0 Å². The summed E-state index contributed by atoms with van der Waals surface area (Å²) in [6, 6.07) is 0. The van der Waals surface area contributed by atoms with E-state index in [0.717, 1.165) is 6.21 Å². The predicted octanol–water partition coefficient (Wildman–Crippen LogP) is -0.364. The Bertz CT molecular complexity index is 121. The highest BCUT2D eigenvalue weighted by Crippen LogP contribution is 1.77. The van der Waals surface area contributed by atoms with E-state index in [9.17, 15) is 8.42 Å². The second-order valence-corrected chi connectivity index (χ2v) is 2.58. The van der Waals surface area contributed by atoms with Crippen molar-refractivity contribution >= 4 is 16.9 Å². The van der Waals surface area contributed by atoms with Crippen LogP contribution in [0.4, 0.5) is 0 Å². The first-order valence-electron chi connectivity index (χ1n) is 1.82. The molecule has 0 saturated carbocycles. The summed E-state index contributed by atoms with van der Waals surface area (Å²) < 4.78 is 19.6. The Morgan fingerprint density at radius 2 is 2.14 bits per heavy atom. The van der Waals surface area contributed by atoms with Crippen molar-refractivity contribution in [1.29, 1.82) is 5.41 Å². The summed E-state index contributed by atoms with van der Waals surface area (Å²) in [5, 5.41) is 5.83. The first kappa shape index (κ1) is 6.62. The Balaban J connectivity index is 3.80. The number of nitrogens with one attached hydrogen (secondary N) is 1. The molecule has 0 heterocycles. The molecular formula is C3H7NO2S. The summed E-state index contributed by atoms with van der Waals surface area (Å²) in [6.45, 7) is 1.46. The molecule has 0 aromatic rings. The molecule has 0 fully saturated rings. The molecule has 4 heteroatoms. The molecule has 0 saturated heterocycles. The molecule has 1 N–H and O–H groups in total. The van der Waals surface area contributed by atoms with E-state index in [1.54, 1.807) is 0 Å². The molecule has 1 atom stereocenters. The Morgan fingerprint density at radius 1 is 1.71 bits per heavy atom. The zero-order valence-corrected chi connectivity index (χ0v) is 4.81. The van der Waals surface area contributed by atoms with Gasteiger partial charge < -0.3 is 5.41 Å². The lowest BCUT2D eigenvalue weighted by Crippen LogP contribution is -2.02. The van der Waals surface area contributed by atoms with Crippen LogP contribution >= 0.6 is 0 Å². The lowest BCUT2D eigenvalue weighted by molar-refractivity contribution is 0.612. The molecule has 7 heavy (non-hydrogen) atoms. The van der Waals surface area contributed by atoms with Crippen LogP contribution in [-0.2, 0) is 10.7 Å². The van der Waals surface area contributed by atoms with Gasteiger partial charge in [0.1, 0.15) is 10.7 Å². The zero-order valence-electron chi connectivity index (χ0n) is 3.92. The molecule has 1 unspecified atom stereocenters. The van der Waals surface area contributed by atoms with Crippen molar-refractivity contribution in [2.24, 2.45) is 0 Å². The summed E-state index contributed by atoms with van der Waals surface area (Å²) in [5.41, 5.74) is 0. The van der Waals surface area contributed by atoms with Crippen molar-refractivity contribution in [3.05, 3.63) is 0 Å². The average molecular weight is 121 g/mol. The maximum Gasteiger partial charge on any atom is 0.147 e. The highest BCUT2D eigenvalue weighted by atomic mass is 32.2. The van der Waals surface area contributed by atoms with E-state index in [0.29, 0.717) is 0 Å². The highest BCUT2D eigenvalue weighted by molar-refractivity contribution is 7.73. The van der Waals surface area contributed by atoms with Crippen LogP contribution in [0.3, 0.4) is 0 Å². The van der Waals surface area contributed by atoms with E-state index in [1.807, 2.05) is 0 Å². The molecule has 0 spiro atoms. The lowest BCUT2D eigenvalue weighted by atomic mass is 10.5. The first-order chi connectivity index (χ1) is 3.18. The molecule has 0 radical (unpaired) electrons. The third kappa shape index (κ3) is 2.33. The van der Waals surface area contributed by atoms with Crippen molar-refractivity contribution in [2.75, 3.05) is 0 Å². The SMILES string of the molecule is CC(C=N)[SH](=O)=O. The highest BCUT2D eigenvalue weighted by Gasteiger charge is 1.94. The van der Waals surface area contributed by atoms with Gasteiger partial charge in [-0.3, -0.25) is 0 Å². The van der Waals surface area contributed by atoms with Gasteiger partial charge in [-0.2, -0.15) is 0 Å². The van der Waals surface area contributed by atoms with Gasteiger partial charge in [0.2, 0.25) is 0 Å². The van der Waals surface area contributed by atoms with E-state index in [1.165, 1.54) is 6.92 Å². The molecular weight excluding hydrogens is 114 g/mol. The van der Waals surface area contributed by atoms with Gasteiger partial charge in [0.15, 0.2) is 0 Å². The minimum atomic E-state index is -2.40. The number of rotatable bonds is 2. The number of hydrogen-bond donors (Lipinski definition) is 2. The van der Waals surface area contributed by atoms with Crippen molar-refractivity contribution in [1.82, 2.24) is 0 Å². The van der Waals surface area contributed by atoms with Gasteiger partial charge >= 0.3 is 0 Å². The largest absolute Gasteiger partial charge is 0.312 e. The third-order valence-electron chi connectivity index (χ3n) is 0.574. The molecule has 0 bridgehead atoms. The van der Waals surface area contributed by atoms with Gasteiger partial charge in [0.05, 0.1) is 5.25 Å². The molecule has 0 amide bonds. The van der Waals surface area contributed by atoms with Crippen molar-refractivity contribution in [3.63, 3.8) is 0 Å². The quantitative estimate of drug-likeness (QED) is 0.387. The van der Waals surface area contributed by atoms with Gasteiger partial charge in [-0.25, -0.2) is 8.42 Å². The molecule has 0 aromatic heterocycles. The average Bonchev–Trinajstić information content (AvgIpc) is 1.65. The molecule has 0 aliphatic heterocycles. The van der Waals surface area contributed by atoms with E-state index < -0.39 is 16.0 Å². The smallest absolute Gasteiger partial charge is 0.147 e. The van der Waals surface area contributed by atoms with Gasteiger partial charge in [0, 0.05) is 6.21 Å². The summed E-state index contributed by atoms with van der Waals surface area (Å²) in [4.78, 5) is 0. The molecule has 0 rings (SSSR count). The fourth-order valence-electron chi connectivity index (χ4n) is 0.0609. The second kappa shape index (κ2) is 2.74. The van der Waals surface area contributed by atoms with Gasteiger partial charge in [0.25, 0.3) is 0 Å². The lowest BCUT2D eigenvalue weighted by Gasteiger charge is -1.84. The minimum absolute atomic E-state index is 0.602. The maximum absolute atomic E-state index is 9.82. The summed E-state index contributed by atoms with van der Waals surface area (Å²) in [7, 11) is -2.40. The molecule has 0 aromatic carbocycles. The van der Waals surface area contributed by atoms with Gasteiger partial charge in [-0.05, 0) is 6.92 Å². The van der Waals surface area contributed by atoms with Crippen molar-refractivity contribution in [3.8, 4) is 0 Å². The Morgan fingerprint density at radius 3 is 2.14 bits per heavy atom. The van der Waals surface area contributed by atoms with Crippen LogP contribution in [0.15, 0.2) is 0 Å². The molecule has 3 nitrogen and oxygen atoms in total. The van der Waals surface area contributed by atoms with Gasteiger partial charge in [-0.15, -0.1) is 0 Å². The maximum atomic E-state index is 9.82. The van der Waals surface area contributed by atoms with E-state index >= 15 is 0 Å². The topological polar surface area (TPSA) is 58.0 Å². The van der Waals surface area contributed by atoms with Crippen LogP contribution in [0.2, 0.25) is 0 Å². The normalized spacial score (nSPS) is 14.0. The second-order valence-electron chi connectivity index (χ2n) is 1.19.